The molecule has 0 spiro atoms. The normalized spacial score (nSPS) is 14.8. The molecule has 1 aliphatic carbocycles. The lowest BCUT2D eigenvalue weighted by Crippen LogP contribution is -2.37. The van der Waals surface area contributed by atoms with Crippen LogP contribution in [0, 0.1) is 5.92 Å². The fourth-order valence-electron chi connectivity index (χ4n) is 2.49. The predicted molar refractivity (Wildman–Crippen MR) is 94.8 cm³/mol. The molecule has 0 unspecified atom stereocenters. The van der Waals surface area contributed by atoms with Gasteiger partial charge in [0.05, 0.1) is 5.02 Å². The van der Waals surface area contributed by atoms with E-state index in [2.05, 4.69) is 5.32 Å². The van der Waals surface area contributed by atoms with Crippen LogP contribution in [0.5, 0.6) is 0 Å². The van der Waals surface area contributed by atoms with Crippen molar-refractivity contribution in [3.8, 4) is 11.3 Å². The molecule has 2 aromatic rings. The number of ether oxygens (including phenoxy) is 1. The topological polar surface area (TPSA) is 68.5 Å². The van der Waals surface area contributed by atoms with Crippen molar-refractivity contribution in [1.82, 2.24) is 5.32 Å². The minimum Gasteiger partial charge on any atom is -0.450 e. The van der Waals surface area contributed by atoms with Crippen molar-refractivity contribution in [3.63, 3.8) is 0 Å². The maximum absolute atomic E-state index is 12.0. The van der Waals surface area contributed by atoms with E-state index in [-0.39, 0.29) is 24.3 Å². The Hall–Kier alpha value is -1.98. The van der Waals surface area contributed by atoms with Crippen LogP contribution in [0.1, 0.15) is 30.3 Å². The minimum atomic E-state index is -0.710. The zero-order valence-electron chi connectivity index (χ0n) is 13.6. The number of rotatable bonds is 6. The number of benzene rings is 1. The van der Waals surface area contributed by atoms with Crippen LogP contribution in [0.15, 0.2) is 34.7 Å². The molecule has 1 aromatic heterocycles. The highest BCUT2D eigenvalue weighted by molar-refractivity contribution is 6.35. The third-order valence-electron chi connectivity index (χ3n) is 4.05. The van der Waals surface area contributed by atoms with Gasteiger partial charge in [-0.3, -0.25) is 4.79 Å². The first-order valence-electron chi connectivity index (χ1n) is 7.96. The molecule has 132 valence electrons. The SMILES string of the molecule is C[C@H](NC(=O)COC(=O)c1ccc(-c2cc(Cl)ccc2Cl)o1)C1CC1. The summed E-state index contributed by atoms with van der Waals surface area (Å²) in [6, 6.07) is 8.12. The van der Waals surface area contributed by atoms with Crippen molar-refractivity contribution in [3.05, 3.63) is 46.1 Å². The first kappa shape index (κ1) is 17.8. The van der Waals surface area contributed by atoms with E-state index >= 15 is 0 Å². The number of esters is 1. The Kier molecular flexibility index (Phi) is 5.35. The van der Waals surface area contributed by atoms with Gasteiger partial charge < -0.3 is 14.5 Å². The highest BCUT2D eigenvalue weighted by Crippen LogP contribution is 2.33. The number of halogens is 2. The number of nitrogens with one attached hydrogen (secondary N) is 1. The van der Waals surface area contributed by atoms with Crippen molar-refractivity contribution >= 4 is 35.1 Å². The molecule has 1 atom stereocenters. The predicted octanol–water partition coefficient (Wildman–Crippen LogP) is 4.32. The summed E-state index contributed by atoms with van der Waals surface area (Å²) >= 11 is 12.1. The molecule has 5 nitrogen and oxygen atoms in total. The Morgan fingerprint density at radius 2 is 2.04 bits per heavy atom. The second kappa shape index (κ2) is 7.50. The second-order valence-corrected chi connectivity index (χ2v) is 6.90. The Morgan fingerprint density at radius 1 is 1.28 bits per heavy atom. The highest BCUT2D eigenvalue weighted by Gasteiger charge is 2.29. The zero-order valence-corrected chi connectivity index (χ0v) is 15.1. The van der Waals surface area contributed by atoms with E-state index in [0.29, 0.717) is 27.3 Å². The molecule has 7 heteroatoms. The molecule has 1 amide bonds. The maximum atomic E-state index is 12.0. The summed E-state index contributed by atoms with van der Waals surface area (Å²) in [7, 11) is 0. The lowest BCUT2D eigenvalue weighted by atomic mass is 10.2. The number of carbonyl (C=O) groups is 2. The highest BCUT2D eigenvalue weighted by atomic mass is 35.5. The third kappa shape index (κ3) is 4.55. The van der Waals surface area contributed by atoms with Crippen molar-refractivity contribution in [2.45, 2.75) is 25.8 Å². The van der Waals surface area contributed by atoms with Gasteiger partial charge in [0.1, 0.15) is 5.76 Å². The van der Waals surface area contributed by atoms with Crippen LogP contribution in [-0.2, 0) is 9.53 Å². The van der Waals surface area contributed by atoms with E-state index in [4.69, 9.17) is 32.4 Å². The number of furan rings is 1. The fourth-order valence-corrected chi connectivity index (χ4v) is 2.87. The minimum absolute atomic E-state index is 0.00548. The lowest BCUT2D eigenvalue weighted by Gasteiger charge is -2.12. The van der Waals surface area contributed by atoms with Crippen molar-refractivity contribution < 1.29 is 18.7 Å². The molecule has 1 heterocycles. The van der Waals surface area contributed by atoms with Crippen molar-refractivity contribution in [2.24, 2.45) is 5.92 Å². The molecular formula is C18H17Cl2NO4. The molecule has 0 aliphatic heterocycles. The van der Waals surface area contributed by atoms with Crippen LogP contribution in [0.4, 0.5) is 0 Å². The number of hydrogen-bond donors (Lipinski definition) is 1. The summed E-state index contributed by atoms with van der Waals surface area (Å²) in [6.07, 6.45) is 2.25. The summed E-state index contributed by atoms with van der Waals surface area (Å²) in [6.45, 7) is 1.61. The molecule has 1 fully saturated rings. The molecular weight excluding hydrogens is 365 g/mol. The average molecular weight is 382 g/mol. The van der Waals surface area contributed by atoms with E-state index in [1.165, 1.54) is 6.07 Å². The quantitative estimate of drug-likeness (QED) is 0.756. The van der Waals surface area contributed by atoms with E-state index in [0.717, 1.165) is 12.8 Å². The van der Waals surface area contributed by atoms with Crippen molar-refractivity contribution in [2.75, 3.05) is 6.61 Å². The molecule has 1 aliphatic rings. The zero-order chi connectivity index (χ0) is 18.0. The molecule has 0 saturated heterocycles. The van der Waals surface area contributed by atoms with Crippen LogP contribution in [0.2, 0.25) is 10.0 Å². The largest absolute Gasteiger partial charge is 0.450 e. The van der Waals surface area contributed by atoms with Gasteiger partial charge in [0.15, 0.2) is 6.61 Å². The van der Waals surface area contributed by atoms with Crippen LogP contribution in [-0.4, -0.2) is 24.5 Å². The standard InChI is InChI=1S/C18H17Cl2NO4/c1-10(11-2-3-11)21-17(22)9-24-18(23)16-7-6-15(25-16)13-8-12(19)4-5-14(13)20/h4-8,10-11H,2-3,9H2,1H3,(H,21,22)/t10-/m0/s1. The first-order valence-corrected chi connectivity index (χ1v) is 8.71. The van der Waals surface area contributed by atoms with Gasteiger partial charge in [0.2, 0.25) is 5.76 Å². The van der Waals surface area contributed by atoms with E-state index < -0.39 is 5.97 Å². The molecule has 0 radical (unpaired) electrons. The van der Waals surface area contributed by atoms with E-state index in [1.807, 2.05) is 6.92 Å². The van der Waals surface area contributed by atoms with Gasteiger partial charge in [-0.2, -0.15) is 0 Å². The van der Waals surface area contributed by atoms with Crippen LogP contribution >= 0.6 is 23.2 Å². The van der Waals surface area contributed by atoms with Crippen LogP contribution in [0.25, 0.3) is 11.3 Å². The first-order chi connectivity index (χ1) is 11.9. The van der Waals surface area contributed by atoms with E-state index in [9.17, 15) is 9.59 Å². The summed E-state index contributed by atoms with van der Waals surface area (Å²) < 4.78 is 10.5. The lowest BCUT2D eigenvalue weighted by molar-refractivity contribution is -0.125. The summed E-state index contributed by atoms with van der Waals surface area (Å²) in [5.74, 6) is -0.105. The van der Waals surface area contributed by atoms with Crippen molar-refractivity contribution in [1.29, 1.82) is 0 Å². The van der Waals surface area contributed by atoms with Gasteiger partial charge in [-0.15, -0.1) is 0 Å². The molecule has 3 rings (SSSR count). The van der Waals surface area contributed by atoms with E-state index in [1.54, 1.807) is 24.3 Å². The van der Waals surface area contributed by atoms with Gasteiger partial charge in [0, 0.05) is 16.6 Å². The maximum Gasteiger partial charge on any atom is 0.374 e. The average Bonchev–Trinajstić information content (AvgIpc) is 3.32. The summed E-state index contributed by atoms with van der Waals surface area (Å²) in [5.41, 5.74) is 0.573. The Morgan fingerprint density at radius 3 is 2.76 bits per heavy atom. The number of carbonyl (C=O) groups excluding carboxylic acids is 2. The fraction of sp³-hybridized carbons (Fsp3) is 0.333. The van der Waals surface area contributed by atoms with Gasteiger partial charge >= 0.3 is 5.97 Å². The molecule has 1 saturated carbocycles. The molecule has 0 bridgehead atoms. The van der Waals surface area contributed by atoms with Gasteiger partial charge in [0.25, 0.3) is 5.91 Å². The molecule has 1 aromatic carbocycles. The van der Waals surface area contributed by atoms with Crippen LogP contribution in [0.3, 0.4) is 0 Å². The Bertz CT molecular complexity index is 798. The van der Waals surface area contributed by atoms with Crippen LogP contribution < -0.4 is 5.32 Å². The molecule has 25 heavy (non-hydrogen) atoms. The Balaban J connectivity index is 1.58. The summed E-state index contributed by atoms with van der Waals surface area (Å²) in [4.78, 5) is 23.8. The van der Waals surface area contributed by atoms with Gasteiger partial charge in [-0.1, -0.05) is 23.2 Å². The van der Waals surface area contributed by atoms with Gasteiger partial charge in [-0.25, -0.2) is 4.79 Å². The van der Waals surface area contributed by atoms with Gasteiger partial charge in [-0.05, 0) is 56.0 Å². The monoisotopic (exact) mass is 381 g/mol. The molecule has 1 N–H and O–H groups in total. The second-order valence-electron chi connectivity index (χ2n) is 6.06. The smallest absolute Gasteiger partial charge is 0.374 e. The third-order valence-corrected chi connectivity index (χ3v) is 4.62. The number of amides is 1. The Labute approximate surface area is 155 Å². The summed E-state index contributed by atoms with van der Waals surface area (Å²) in [5, 5.41) is 3.77. The number of hydrogen-bond acceptors (Lipinski definition) is 4.